The van der Waals surface area contributed by atoms with Gasteiger partial charge in [0.05, 0.1) is 14.1 Å². The van der Waals surface area contributed by atoms with Crippen LogP contribution in [0.2, 0.25) is 0 Å². The zero-order valence-corrected chi connectivity index (χ0v) is 6.78. The van der Waals surface area contributed by atoms with Crippen molar-refractivity contribution in [3.8, 4) is 0 Å². The summed E-state index contributed by atoms with van der Waals surface area (Å²) in [5, 5.41) is 0. The standard InChI is InChI=1S/C4H4INS/c1-3-4(5)7-2-6-3/h2H,1H3. The lowest BCUT2D eigenvalue weighted by Gasteiger charge is -1.75. The molecule has 7 heavy (non-hydrogen) atoms. The predicted octanol–water partition coefficient (Wildman–Crippen LogP) is 2.06. The van der Waals surface area contributed by atoms with E-state index in [1.807, 2.05) is 12.4 Å². The highest BCUT2D eigenvalue weighted by Crippen LogP contribution is 2.13. The largest absolute Gasteiger partial charge is 0.249 e. The normalized spacial score (nSPS) is 9.43. The SMILES string of the molecule is Cc1ncsc1I. The van der Waals surface area contributed by atoms with E-state index in [1.54, 1.807) is 11.3 Å². The molecule has 1 rings (SSSR count). The van der Waals surface area contributed by atoms with Gasteiger partial charge in [-0.25, -0.2) is 4.98 Å². The molecule has 0 radical (unpaired) electrons. The molecule has 0 saturated carbocycles. The molecule has 1 aromatic heterocycles. The van der Waals surface area contributed by atoms with Gasteiger partial charge in [-0.3, -0.25) is 0 Å². The Labute approximate surface area is 59.9 Å². The van der Waals surface area contributed by atoms with Crippen LogP contribution in [-0.2, 0) is 0 Å². The molecule has 0 N–H and O–H groups in total. The second-order valence-corrected chi connectivity index (χ2v) is 3.88. The number of aryl methyl sites for hydroxylation is 1. The van der Waals surface area contributed by atoms with E-state index >= 15 is 0 Å². The molecule has 1 heterocycles. The summed E-state index contributed by atoms with van der Waals surface area (Å²) in [7, 11) is 0. The number of thiazole rings is 1. The highest BCUT2D eigenvalue weighted by atomic mass is 127. The molecule has 0 aliphatic rings. The van der Waals surface area contributed by atoms with Gasteiger partial charge in [0.1, 0.15) is 0 Å². The third-order valence-corrected chi connectivity index (χ3v) is 2.94. The lowest BCUT2D eigenvalue weighted by Crippen LogP contribution is -1.67. The second kappa shape index (κ2) is 2.09. The highest BCUT2D eigenvalue weighted by Gasteiger charge is 1.91. The van der Waals surface area contributed by atoms with Crippen molar-refractivity contribution in [3.63, 3.8) is 0 Å². The Morgan fingerprint density at radius 2 is 2.57 bits per heavy atom. The molecular formula is C4H4INS. The van der Waals surface area contributed by atoms with Gasteiger partial charge in [0.15, 0.2) is 0 Å². The van der Waals surface area contributed by atoms with Gasteiger partial charge >= 0.3 is 0 Å². The predicted molar refractivity (Wildman–Crippen MR) is 39.6 cm³/mol. The lowest BCUT2D eigenvalue weighted by atomic mass is 10.6. The monoisotopic (exact) mass is 225 g/mol. The topological polar surface area (TPSA) is 12.9 Å². The summed E-state index contributed by atoms with van der Waals surface area (Å²) in [6.45, 7) is 2.01. The summed E-state index contributed by atoms with van der Waals surface area (Å²) in [6, 6.07) is 0. The van der Waals surface area contributed by atoms with E-state index in [4.69, 9.17) is 0 Å². The molecule has 0 atom stereocenters. The summed E-state index contributed by atoms with van der Waals surface area (Å²) in [5.74, 6) is 0. The Morgan fingerprint density at radius 1 is 1.86 bits per heavy atom. The average Bonchev–Trinajstić information content (AvgIpc) is 1.91. The van der Waals surface area contributed by atoms with Crippen LogP contribution in [0.25, 0.3) is 0 Å². The molecule has 0 aliphatic heterocycles. The number of hydrogen-bond donors (Lipinski definition) is 0. The van der Waals surface area contributed by atoms with Gasteiger partial charge in [0.2, 0.25) is 0 Å². The number of hydrogen-bond acceptors (Lipinski definition) is 2. The fourth-order valence-corrected chi connectivity index (χ4v) is 1.29. The maximum absolute atomic E-state index is 4.03. The summed E-state index contributed by atoms with van der Waals surface area (Å²) in [4.78, 5) is 4.03. The Balaban J connectivity index is 3.12. The van der Waals surface area contributed by atoms with E-state index in [-0.39, 0.29) is 0 Å². The summed E-state index contributed by atoms with van der Waals surface area (Å²) < 4.78 is 1.29. The van der Waals surface area contributed by atoms with Crippen LogP contribution in [0.15, 0.2) is 5.51 Å². The average molecular weight is 225 g/mol. The Kier molecular flexibility index (Phi) is 1.64. The van der Waals surface area contributed by atoms with Crippen LogP contribution < -0.4 is 0 Å². The summed E-state index contributed by atoms with van der Waals surface area (Å²) >= 11 is 3.96. The van der Waals surface area contributed by atoms with E-state index in [0.717, 1.165) is 5.69 Å². The molecule has 0 fully saturated rings. The quantitative estimate of drug-likeness (QED) is 0.616. The van der Waals surface area contributed by atoms with Crippen LogP contribution >= 0.6 is 33.9 Å². The van der Waals surface area contributed by atoms with E-state index in [9.17, 15) is 0 Å². The lowest BCUT2D eigenvalue weighted by molar-refractivity contribution is 1.25. The van der Waals surface area contributed by atoms with Crippen molar-refractivity contribution in [1.82, 2.24) is 4.98 Å². The molecule has 0 spiro atoms. The number of aromatic nitrogens is 1. The van der Waals surface area contributed by atoms with Crippen molar-refractivity contribution >= 4 is 33.9 Å². The summed E-state index contributed by atoms with van der Waals surface area (Å²) in [5.41, 5.74) is 3.00. The molecular weight excluding hydrogens is 221 g/mol. The van der Waals surface area contributed by atoms with Gasteiger partial charge in [0, 0.05) is 0 Å². The molecule has 3 heteroatoms. The second-order valence-electron chi connectivity index (χ2n) is 1.21. The van der Waals surface area contributed by atoms with Gasteiger partial charge < -0.3 is 0 Å². The highest BCUT2D eigenvalue weighted by molar-refractivity contribution is 14.1. The third kappa shape index (κ3) is 1.13. The van der Waals surface area contributed by atoms with Gasteiger partial charge in [-0.1, -0.05) is 0 Å². The minimum absolute atomic E-state index is 1.14. The minimum atomic E-state index is 1.14. The Hall–Kier alpha value is 0.360. The van der Waals surface area contributed by atoms with Crippen LogP contribution in [0, 0.1) is 9.81 Å². The maximum Gasteiger partial charge on any atom is 0.0881 e. The number of halogens is 1. The molecule has 0 aromatic carbocycles. The first-order valence-corrected chi connectivity index (χ1v) is 3.82. The van der Waals surface area contributed by atoms with Crippen molar-refractivity contribution in [2.75, 3.05) is 0 Å². The molecule has 1 nitrogen and oxygen atoms in total. The van der Waals surface area contributed by atoms with E-state index in [1.165, 1.54) is 2.88 Å². The van der Waals surface area contributed by atoms with Crippen molar-refractivity contribution in [3.05, 3.63) is 14.1 Å². The third-order valence-electron chi connectivity index (χ3n) is 0.687. The van der Waals surface area contributed by atoms with E-state index in [2.05, 4.69) is 27.6 Å². The summed E-state index contributed by atoms with van der Waals surface area (Å²) in [6.07, 6.45) is 0. The van der Waals surface area contributed by atoms with Crippen molar-refractivity contribution in [1.29, 1.82) is 0 Å². The van der Waals surface area contributed by atoms with Crippen molar-refractivity contribution < 1.29 is 0 Å². The van der Waals surface area contributed by atoms with Gasteiger partial charge in [-0.15, -0.1) is 11.3 Å². The first kappa shape index (κ1) is 5.50. The van der Waals surface area contributed by atoms with E-state index in [0.29, 0.717) is 0 Å². The minimum Gasteiger partial charge on any atom is -0.249 e. The van der Waals surface area contributed by atoms with Crippen LogP contribution in [0.5, 0.6) is 0 Å². The molecule has 0 unspecified atom stereocenters. The fourth-order valence-electron chi connectivity index (χ4n) is 0.288. The van der Waals surface area contributed by atoms with Gasteiger partial charge in [-0.2, -0.15) is 0 Å². The first-order chi connectivity index (χ1) is 3.30. The zero-order chi connectivity index (χ0) is 5.28. The van der Waals surface area contributed by atoms with Crippen molar-refractivity contribution in [2.24, 2.45) is 0 Å². The molecule has 0 saturated heterocycles. The first-order valence-electron chi connectivity index (χ1n) is 1.86. The van der Waals surface area contributed by atoms with E-state index < -0.39 is 0 Å². The van der Waals surface area contributed by atoms with Crippen LogP contribution in [-0.4, -0.2) is 4.98 Å². The number of rotatable bonds is 0. The molecule has 38 valence electrons. The molecule has 0 amide bonds. The molecule has 1 aromatic rings. The Morgan fingerprint density at radius 3 is 2.71 bits per heavy atom. The zero-order valence-electron chi connectivity index (χ0n) is 3.81. The Bertz CT molecular complexity index is 144. The molecule has 0 bridgehead atoms. The van der Waals surface area contributed by atoms with Gasteiger partial charge in [-0.05, 0) is 29.5 Å². The van der Waals surface area contributed by atoms with Crippen molar-refractivity contribution in [2.45, 2.75) is 6.92 Å². The van der Waals surface area contributed by atoms with Crippen LogP contribution in [0.4, 0.5) is 0 Å². The maximum atomic E-state index is 4.03. The fraction of sp³-hybridized carbons (Fsp3) is 0.250. The van der Waals surface area contributed by atoms with Crippen LogP contribution in [0.1, 0.15) is 5.69 Å². The van der Waals surface area contributed by atoms with Gasteiger partial charge in [0.25, 0.3) is 0 Å². The van der Waals surface area contributed by atoms with Crippen LogP contribution in [0.3, 0.4) is 0 Å². The number of nitrogens with zero attached hydrogens (tertiary/aromatic N) is 1. The smallest absolute Gasteiger partial charge is 0.0881 e. The molecule has 0 aliphatic carbocycles.